The van der Waals surface area contributed by atoms with Crippen molar-refractivity contribution in [3.05, 3.63) is 60.2 Å². The molecule has 0 spiro atoms. The molecule has 8 heteroatoms. The van der Waals surface area contributed by atoms with Gasteiger partial charge in [0.1, 0.15) is 5.76 Å². The van der Waals surface area contributed by atoms with E-state index in [1.165, 1.54) is 18.2 Å². The fraction of sp³-hybridized carbons (Fsp3) is 0.348. The van der Waals surface area contributed by atoms with E-state index < -0.39 is 0 Å². The molecule has 4 aromatic rings. The summed E-state index contributed by atoms with van der Waals surface area (Å²) in [5.41, 5.74) is 1.68. The van der Waals surface area contributed by atoms with Gasteiger partial charge in [-0.05, 0) is 44.4 Å². The molecule has 5 rings (SSSR count). The Morgan fingerprint density at radius 2 is 2.00 bits per heavy atom. The Kier molecular flexibility index (Phi) is 5.55. The van der Waals surface area contributed by atoms with Gasteiger partial charge in [-0.3, -0.25) is 9.36 Å². The zero-order chi connectivity index (χ0) is 21.2. The summed E-state index contributed by atoms with van der Waals surface area (Å²) < 4.78 is 7.67. The Morgan fingerprint density at radius 3 is 2.81 bits per heavy atom. The quantitative estimate of drug-likeness (QED) is 0.333. The molecular weight excluding hydrogens is 410 g/mol. The number of aromatic amines is 1. The Morgan fingerprint density at radius 1 is 1.16 bits per heavy atom. The highest BCUT2D eigenvalue weighted by Crippen LogP contribution is 2.31. The summed E-state index contributed by atoms with van der Waals surface area (Å²) >= 11 is 1.45. The van der Waals surface area contributed by atoms with Crippen molar-refractivity contribution in [1.29, 1.82) is 0 Å². The summed E-state index contributed by atoms with van der Waals surface area (Å²) in [7, 11) is 0. The summed E-state index contributed by atoms with van der Waals surface area (Å²) in [5.74, 6) is 1.77. The second-order valence-electron chi connectivity index (χ2n) is 7.87. The van der Waals surface area contributed by atoms with Gasteiger partial charge in [-0.15, -0.1) is 10.2 Å². The Balaban J connectivity index is 1.42. The summed E-state index contributed by atoms with van der Waals surface area (Å²) in [6.07, 6.45) is 7.05. The van der Waals surface area contributed by atoms with E-state index in [9.17, 15) is 4.79 Å². The molecule has 1 saturated heterocycles. The van der Waals surface area contributed by atoms with E-state index in [0.717, 1.165) is 53.7 Å². The first-order chi connectivity index (χ1) is 15.2. The predicted octanol–water partition coefficient (Wildman–Crippen LogP) is 4.75. The molecule has 1 aromatic carbocycles. The molecule has 7 nitrogen and oxygen atoms in total. The molecule has 1 aliphatic heterocycles. The van der Waals surface area contributed by atoms with E-state index in [1.807, 2.05) is 43.3 Å². The molecule has 0 bridgehead atoms. The fourth-order valence-corrected chi connectivity index (χ4v) is 5.01. The largest absolute Gasteiger partial charge is 0.467 e. The highest BCUT2D eigenvalue weighted by atomic mass is 32.2. The summed E-state index contributed by atoms with van der Waals surface area (Å²) in [6, 6.07) is 11.7. The third kappa shape index (κ3) is 3.99. The van der Waals surface area contributed by atoms with Gasteiger partial charge in [0.15, 0.2) is 10.9 Å². The number of nitrogens with zero attached hydrogens (tertiary/aromatic N) is 4. The molecular formula is C23H25N5O2S. The van der Waals surface area contributed by atoms with E-state index in [2.05, 4.69) is 24.6 Å². The highest BCUT2D eigenvalue weighted by molar-refractivity contribution is 8.00. The van der Waals surface area contributed by atoms with Crippen molar-refractivity contribution < 1.29 is 9.21 Å². The molecule has 0 saturated carbocycles. The van der Waals surface area contributed by atoms with Gasteiger partial charge in [0.05, 0.1) is 18.1 Å². The van der Waals surface area contributed by atoms with E-state index in [4.69, 9.17) is 4.42 Å². The molecule has 1 fully saturated rings. The maximum Gasteiger partial charge on any atom is 0.228 e. The number of ketones is 1. The first kappa shape index (κ1) is 19.9. The second-order valence-corrected chi connectivity index (χ2v) is 9.18. The first-order valence-corrected chi connectivity index (χ1v) is 11.6. The van der Waals surface area contributed by atoms with Crippen LogP contribution in [0.15, 0.2) is 58.4 Å². The van der Waals surface area contributed by atoms with Gasteiger partial charge >= 0.3 is 0 Å². The number of benzene rings is 1. The zero-order valence-electron chi connectivity index (χ0n) is 17.5. The van der Waals surface area contributed by atoms with Crippen molar-refractivity contribution in [2.24, 2.45) is 0 Å². The lowest BCUT2D eigenvalue weighted by molar-refractivity contribution is 0.0995. The van der Waals surface area contributed by atoms with Crippen LogP contribution in [0, 0.1) is 0 Å². The molecule has 31 heavy (non-hydrogen) atoms. The Hall–Kier alpha value is -3.00. The number of furan rings is 1. The van der Waals surface area contributed by atoms with E-state index in [-0.39, 0.29) is 11.0 Å². The standard InChI is InChI=1S/C23H25N5O2S/c1-16(21(29)19-14-24-20-10-4-3-9-18(19)20)31-23-26-25-22(27-11-5-2-6-12-27)28(23)15-17-8-7-13-30-17/h3-4,7-10,13-14,16,24H,2,5-6,11-12,15H2,1H3. The molecule has 160 valence electrons. The lowest BCUT2D eigenvalue weighted by Crippen LogP contribution is -2.32. The van der Waals surface area contributed by atoms with Crippen LogP contribution in [0.4, 0.5) is 5.95 Å². The average Bonchev–Trinajstić information content (AvgIpc) is 3.55. The average molecular weight is 436 g/mol. The lowest BCUT2D eigenvalue weighted by Gasteiger charge is -2.27. The van der Waals surface area contributed by atoms with Crippen molar-refractivity contribution in [2.75, 3.05) is 18.0 Å². The number of Topliss-reactive ketones (excluding diaryl/α,β-unsaturated/α-hetero) is 1. The van der Waals surface area contributed by atoms with Crippen LogP contribution in [-0.4, -0.2) is 43.9 Å². The molecule has 3 aromatic heterocycles. The minimum absolute atomic E-state index is 0.0783. The van der Waals surface area contributed by atoms with E-state index in [0.29, 0.717) is 12.1 Å². The van der Waals surface area contributed by atoms with Crippen LogP contribution in [-0.2, 0) is 6.54 Å². The first-order valence-electron chi connectivity index (χ1n) is 10.7. The van der Waals surface area contributed by atoms with Gasteiger partial charge in [-0.25, -0.2) is 0 Å². The third-order valence-corrected chi connectivity index (χ3v) is 6.82. The van der Waals surface area contributed by atoms with Gasteiger partial charge in [-0.2, -0.15) is 0 Å². The number of piperidine rings is 1. The summed E-state index contributed by atoms with van der Waals surface area (Å²) in [6.45, 7) is 4.43. The molecule has 4 heterocycles. The summed E-state index contributed by atoms with van der Waals surface area (Å²) in [5, 5.41) is 10.4. The molecule has 0 aliphatic carbocycles. The van der Waals surface area contributed by atoms with Crippen molar-refractivity contribution >= 4 is 34.4 Å². The third-order valence-electron chi connectivity index (χ3n) is 5.74. The van der Waals surface area contributed by atoms with Crippen LogP contribution in [0.1, 0.15) is 42.3 Å². The molecule has 1 atom stereocenters. The van der Waals surface area contributed by atoms with E-state index in [1.54, 1.807) is 12.5 Å². The monoisotopic (exact) mass is 435 g/mol. The maximum atomic E-state index is 13.2. The van der Waals surface area contributed by atoms with Crippen LogP contribution in [0.5, 0.6) is 0 Å². The number of carbonyl (C=O) groups excluding carboxylic acids is 1. The number of thioether (sulfide) groups is 1. The lowest BCUT2D eigenvalue weighted by atomic mass is 10.1. The molecule has 1 unspecified atom stereocenters. The number of para-hydroxylation sites is 1. The number of carbonyl (C=O) groups is 1. The van der Waals surface area contributed by atoms with Gasteiger partial charge in [0.2, 0.25) is 5.95 Å². The minimum atomic E-state index is -0.298. The molecule has 1 N–H and O–H groups in total. The van der Waals surface area contributed by atoms with Crippen LogP contribution in [0.2, 0.25) is 0 Å². The molecule has 0 radical (unpaired) electrons. The summed E-state index contributed by atoms with van der Waals surface area (Å²) in [4.78, 5) is 18.7. The Bertz CT molecular complexity index is 1170. The number of H-pyrrole nitrogens is 1. The van der Waals surface area contributed by atoms with Crippen LogP contribution < -0.4 is 4.90 Å². The number of anilines is 1. The van der Waals surface area contributed by atoms with Crippen molar-refractivity contribution in [3.8, 4) is 0 Å². The normalized spacial score (nSPS) is 15.5. The van der Waals surface area contributed by atoms with Crippen LogP contribution in [0.25, 0.3) is 10.9 Å². The highest BCUT2D eigenvalue weighted by Gasteiger charge is 2.26. The fourth-order valence-electron chi connectivity index (χ4n) is 4.10. The predicted molar refractivity (Wildman–Crippen MR) is 122 cm³/mol. The van der Waals surface area contributed by atoms with Gasteiger partial charge < -0.3 is 14.3 Å². The number of rotatable bonds is 7. The van der Waals surface area contributed by atoms with Gasteiger partial charge in [0.25, 0.3) is 0 Å². The number of hydrogen-bond acceptors (Lipinski definition) is 6. The Labute approximate surface area is 184 Å². The molecule has 0 amide bonds. The number of nitrogens with one attached hydrogen (secondary N) is 1. The number of aromatic nitrogens is 4. The number of hydrogen-bond donors (Lipinski definition) is 1. The second kappa shape index (κ2) is 8.63. The number of fused-ring (bicyclic) bond motifs is 1. The van der Waals surface area contributed by atoms with E-state index >= 15 is 0 Å². The van der Waals surface area contributed by atoms with Gasteiger partial charge in [0, 0.05) is 35.8 Å². The topological polar surface area (TPSA) is 79.9 Å². The van der Waals surface area contributed by atoms with Crippen molar-refractivity contribution in [2.45, 2.75) is 43.1 Å². The van der Waals surface area contributed by atoms with Crippen molar-refractivity contribution in [3.63, 3.8) is 0 Å². The van der Waals surface area contributed by atoms with Crippen molar-refractivity contribution in [1.82, 2.24) is 19.7 Å². The van der Waals surface area contributed by atoms with Gasteiger partial charge in [-0.1, -0.05) is 30.0 Å². The molecule has 1 aliphatic rings. The van der Waals surface area contributed by atoms with Crippen LogP contribution >= 0.6 is 11.8 Å². The van der Waals surface area contributed by atoms with Crippen LogP contribution in [0.3, 0.4) is 0 Å². The SMILES string of the molecule is CC(Sc1nnc(N2CCCCC2)n1Cc1ccco1)C(=O)c1c[nH]c2ccccc12. The zero-order valence-corrected chi connectivity index (χ0v) is 18.3. The smallest absolute Gasteiger partial charge is 0.228 e. The minimum Gasteiger partial charge on any atom is -0.467 e. The maximum absolute atomic E-state index is 13.2.